The van der Waals surface area contributed by atoms with E-state index in [9.17, 15) is 14.4 Å². The van der Waals surface area contributed by atoms with Gasteiger partial charge in [-0.3, -0.25) is 19.3 Å². The van der Waals surface area contributed by atoms with E-state index in [0.29, 0.717) is 29.2 Å². The summed E-state index contributed by atoms with van der Waals surface area (Å²) in [5.74, 6) is -3.20. The third kappa shape index (κ3) is 5.26. The highest BCUT2D eigenvalue weighted by Crippen LogP contribution is 2.48. The molecule has 0 spiro atoms. The highest BCUT2D eigenvalue weighted by atomic mass is 16.5. The maximum Gasteiger partial charge on any atom is 0.318 e. The van der Waals surface area contributed by atoms with E-state index in [4.69, 9.17) is 18.9 Å². The number of benzene rings is 3. The lowest BCUT2D eigenvalue weighted by Crippen LogP contribution is -2.55. The van der Waals surface area contributed by atoms with E-state index < -0.39 is 41.6 Å². The number of hydrogen-bond donors (Lipinski definition) is 0. The van der Waals surface area contributed by atoms with Crippen LogP contribution in [0, 0.1) is 11.8 Å². The van der Waals surface area contributed by atoms with Crippen LogP contribution in [0.3, 0.4) is 0 Å². The van der Waals surface area contributed by atoms with Gasteiger partial charge in [-0.15, -0.1) is 0 Å². The minimum atomic E-state index is -1.25. The van der Waals surface area contributed by atoms with Crippen molar-refractivity contribution in [3.8, 4) is 11.5 Å². The molecule has 0 aliphatic carbocycles. The summed E-state index contributed by atoms with van der Waals surface area (Å²) in [4.78, 5) is 42.5. The molecule has 0 amide bonds. The van der Waals surface area contributed by atoms with Crippen LogP contribution in [0.15, 0.2) is 78.9 Å². The fraction of sp³-hybridized carbons (Fsp3) is 0.300. The summed E-state index contributed by atoms with van der Waals surface area (Å²) in [5.41, 5.74) is 2.38. The summed E-state index contributed by atoms with van der Waals surface area (Å²) in [6.45, 7) is 0.350. The van der Waals surface area contributed by atoms with Crippen LogP contribution in [0.25, 0.3) is 0 Å². The van der Waals surface area contributed by atoms with Gasteiger partial charge in [0.15, 0.2) is 5.78 Å². The molecule has 1 aliphatic heterocycles. The summed E-state index contributed by atoms with van der Waals surface area (Å²) < 4.78 is 20.9. The Kier molecular flexibility index (Phi) is 8.43. The van der Waals surface area contributed by atoms with Gasteiger partial charge in [-0.2, -0.15) is 0 Å². The van der Waals surface area contributed by atoms with E-state index >= 15 is 0 Å². The minimum Gasteiger partial charge on any atom is -0.497 e. The highest BCUT2D eigenvalue weighted by molar-refractivity contribution is 6.10. The lowest BCUT2D eigenvalue weighted by Gasteiger charge is -2.48. The van der Waals surface area contributed by atoms with E-state index in [1.54, 1.807) is 38.5 Å². The SMILES string of the molecule is COC(=O)C1C(=O)C(C(=O)OC)C(c2ccc(OC)cc2)N(Cc2ccccc2)C1c1ccc(OC)cc1. The van der Waals surface area contributed by atoms with Crippen LogP contribution < -0.4 is 9.47 Å². The first-order chi connectivity index (χ1) is 18.4. The lowest BCUT2D eigenvalue weighted by atomic mass is 9.72. The number of ether oxygens (including phenoxy) is 4. The zero-order chi connectivity index (χ0) is 27.2. The number of piperidine rings is 1. The molecule has 8 heteroatoms. The van der Waals surface area contributed by atoms with Gasteiger partial charge in [0.2, 0.25) is 0 Å². The number of rotatable bonds is 8. The second-order valence-corrected chi connectivity index (χ2v) is 9.00. The van der Waals surface area contributed by atoms with E-state index in [-0.39, 0.29) is 0 Å². The molecule has 1 heterocycles. The normalized spacial score (nSPS) is 21.4. The molecule has 8 nitrogen and oxygen atoms in total. The fourth-order valence-electron chi connectivity index (χ4n) is 5.17. The van der Waals surface area contributed by atoms with E-state index in [2.05, 4.69) is 0 Å². The van der Waals surface area contributed by atoms with Gasteiger partial charge in [-0.25, -0.2) is 0 Å². The minimum absolute atomic E-state index is 0.350. The van der Waals surface area contributed by atoms with Gasteiger partial charge >= 0.3 is 11.9 Å². The maximum absolute atomic E-state index is 14.1. The molecule has 0 radical (unpaired) electrons. The van der Waals surface area contributed by atoms with Crippen molar-refractivity contribution in [1.29, 1.82) is 0 Å². The van der Waals surface area contributed by atoms with Crippen molar-refractivity contribution in [2.75, 3.05) is 28.4 Å². The zero-order valence-electron chi connectivity index (χ0n) is 21.8. The first kappa shape index (κ1) is 26.9. The van der Waals surface area contributed by atoms with Crippen molar-refractivity contribution >= 4 is 17.7 Å². The molecule has 198 valence electrons. The molecule has 0 saturated carbocycles. The Balaban J connectivity index is 1.96. The Morgan fingerprint density at radius 1 is 0.658 bits per heavy atom. The lowest BCUT2D eigenvalue weighted by molar-refractivity contribution is -0.168. The second-order valence-electron chi connectivity index (χ2n) is 9.00. The average Bonchev–Trinajstić information content (AvgIpc) is 2.97. The van der Waals surface area contributed by atoms with Crippen molar-refractivity contribution in [2.45, 2.75) is 18.6 Å². The van der Waals surface area contributed by atoms with Gasteiger partial charge in [0.25, 0.3) is 0 Å². The van der Waals surface area contributed by atoms with Gasteiger partial charge in [0, 0.05) is 6.54 Å². The molecule has 3 aromatic rings. The predicted octanol–water partition coefficient (Wildman–Crippen LogP) is 4.15. The summed E-state index contributed by atoms with van der Waals surface area (Å²) in [7, 11) is 5.62. The predicted molar refractivity (Wildman–Crippen MR) is 139 cm³/mol. The molecule has 0 N–H and O–H groups in total. The van der Waals surface area contributed by atoms with E-state index in [1.165, 1.54) is 14.2 Å². The number of likely N-dealkylation sites (tertiary alicyclic amines) is 1. The third-order valence-electron chi connectivity index (χ3n) is 6.99. The molecule has 4 atom stereocenters. The number of methoxy groups -OCH3 is 4. The monoisotopic (exact) mass is 517 g/mol. The maximum atomic E-state index is 14.1. The van der Waals surface area contributed by atoms with Crippen molar-refractivity contribution < 1.29 is 33.3 Å². The topological polar surface area (TPSA) is 91.4 Å². The van der Waals surface area contributed by atoms with Crippen molar-refractivity contribution in [3.63, 3.8) is 0 Å². The van der Waals surface area contributed by atoms with Gasteiger partial charge in [0.1, 0.15) is 23.3 Å². The average molecular weight is 518 g/mol. The first-order valence-electron chi connectivity index (χ1n) is 12.2. The van der Waals surface area contributed by atoms with Crippen molar-refractivity contribution in [3.05, 3.63) is 95.6 Å². The van der Waals surface area contributed by atoms with Crippen molar-refractivity contribution in [2.24, 2.45) is 11.8 Å². The molecule has 4 unspecified atom stereocenters. The van der Waals surface area contributed by atoms with E-state index in [0.717, 1.165) is 5.56 Å². The Bertz CT molecular complexity index is 1180. The van der Waals surface area contributed by atoms with Crippen LogP contribution in [0.5, 0.6) is 11.5 Å². The Hall–Kier alpha value is -4.17. The molecule has 0 bridgehead atoms. The summed E-state index contributed by atoms with van der Waals surface area (Å²) in [6.07, 6.45) is 0. The molecular weight excluding hydrogens is 486 g/mol. The number of carbonyl (C=O) groups excluding carboxylic acids is 3. The first-order valence-corrected chi connectivity index (χ1v) is 12.2. The number of nitrogens with zero attached hydrogens (tertiary/aromatic N) is 1. The quantitative estimate of drug-likeness (QED) is 0.325. The molecule has 3 aromatic carbocycles. The van der Waals surface area contributed by atoms with Gasteiger partial charge < -0.3 is 18.9 Å². The molecule has 1 aliphatic rings. The van der Waals surface area contributed by atoms with Crippen LogP contribution >= 0.6 is 0 Å². The zero-order valence-corrected chi connectivity index (χ0v) is 21.8. The molecular formula is C30H31NO7. The number of hydrogen-bond acceptors (Lipinski definition) is 8. The largest absolute Gasteiger partial charge is 0.497 e. The van der Waals surface area contributed by atoms with Crippen LogP contribution in [-0.2, 0) is 30.4 Å². The van der Waals surface area contributed by atoms with Crippen LogP contribution in [-0.4, -0.2) is 51.1 Å². The Labute approximate surface area is 222 Å². The van der Waals surface area contributed by atoms with E-state index in [1.807, 2.05) is 59.5 Å². The molecule has 38 heavy (non-hydrogen) atoms. The summed E-state index contributed by atoms with van der Waals surface area (Å²) >= 11 is 0. The van der Waals surface area contributed by atoms with Crippen LogP contribution in [0.1, 0.15) is 28.8 Å². The molecule has 4 rings (SSSR count). The molecule has 1 fully saturated rings. The van der Waals surface area contributed by atoms with Crippen molar-refractivity contribution in [1.82, 2.24) is 4.90 Å². The number of esters is 2. The third-order valence-corrected chi connectivity index (χ3v) is 6.99. The van der Waals surface area contributed by atoms with Crippen LogP contribution in [0.4, 0.5) is 0 Å². The smallest absolute Gasteiger partial charge is 0.318 e. The Morgan fingerprint density at radius 2 is 1.08 bits per heavy atom. The summed E-state index contributed by atoms with van der Waals surface area (Å²) in [5, 5.41) is 0. The summed E-state index contributed by atoms with van der Waals surface area (Å²) in [6, 6.07) is 22.7. The Morgan fingerprint density at radius 3 is 1.45 bits per heavy atom. The van der Waals surface area contributed by atoms with Gasteiger partial charge in [-0.05, 0) is 41.0 Å². The van der Waals surface area contributed by atoms with Gasteiger partial charge in [-0.1, -0.05) is 54.6 Å². The number of carbonyl (C=O) groups is 3. The standard InChI is InChI=1S/C30H31NO7/c1-35-22-14-10-20(11-15-22)26-24(29(33)37-3)28(32)25(30(34)38-4)27(21-12-16-23(36-2)17-13-21)31(26)18-19-8-6-5-7-9-19/h5-17,24-27H,18H2,1-4H3. The fourth-order valence-corrected chi connectivity index (χ4v) is 5.17. The van der Waals surface area contributed by atoms with Gasteiger partial charge in [0.05, 0.1) is 40.5 Å². The molecule has 0 aromatic heterocycles. The highest BCUT2D eigenvalue weighted by Gasteiger charge is 2.55. The van der Waals surface area contributed by atoms with Crippen LogP contribution in [0.2, 0.25) is 0 Å². The number of ketones is 1. The number of Topliss-reactive ketones (excluding diaryl/α,β-unsaturated/α-hetero) is 1. The molecule has 1 saturated heterocycles. The second kappa shape index (κ2) is 11.9.